The molecule has 1 N–H and O–H groups in total. The summed E-state index contributed by atoms with van der Waals surface area (Å²) in [4.78, 5) is 19.1. The van der Waals surface area contributed by atoms with Crippen LogP contribution < -0.4 is 5.32 Å². The van der Waals surface area contributed by atoms with Crippen molar-refractivity contribution in [2.45, 2.75) is 62.0 Å². The number of carbonyl (C=O) groups excluding carboxylic acids is 1. The number of thiophene rings is 1. The number of nitrogens with one attached hydrogen (secondary N) is 1. The Morgan fingerprint density at radius 3 is 2.57 bits per heavy atom. The second-order valence-electron chi connectivity index (χ2n) is 7.36. The van der Waals surface area contributed by atoms with Gasteiger partial charge in [0.2, 0.25) is 5.91 Å². The molecule has 0 radical (unpaired) electrons. The molecule has 0 aromatic carbocycles. The molecular formula is C19H25N3O3S3. The highest BCUT2D eigenvalue weighted by Gasteiger charge is 2.28. The molecule has 0 atom stereocenters. The Labute approximate surface area is 174 Å². The van der Waals surface area contributed by atoms with Crippen molar-refractivity contribution in [3.63, 3.8) is 0 Å². The fourth-order valence-corrected chi connectivity index (χ4v) is 7.82. The van der Waals surface area contributed by atoms with Crippen LogP contribution in [0.3, 0.4) is 0 Å². The number of anilines is 1. The molecule has 0 unspecified atom stereocenters. The number of thiazole rings is 1. The maximum absolute atomic E-state index is 12.6. The summed E-state index contributed by atoms with van der Waals surface area (Å²) in [5.74, 6) is -0.145. The molecule has 1 aliphatic heterocycles. The third kappa shape index (κ3) is 4.48. The number of aryl methyl sites for hydroxylation is 2. The molecular weight excluding hydrogens is 414 g/mol. The number of hydrogen-bond donors (Lipinski definition) is 1. The molecule has 1 saturated heterocycles. The lowest BCUT2D eigenvalue weighted by Crippen LogP contribution is -2.27. The summed E-state index contributed by atoms with van der Waals surface area (Å²) >= 11 is 2.77. The minimum atomic E-state index is -3.41. The summed E-state index contributed by atoms with van der Waals surface area (Å²) in [6, 6.07) is 3.37. The fraction of sp³-hybridized carbons (Fsp3) is 0.579. The van der Waals surface area contributed by atoms with Gasteiger partial charge in [-0.05, 0) is 50.7 Å². The summed E-state index contributed by atoms with van der Waals surface area (Å²) in [7, 11) is -3.41. The van der Waals surface area contributed by atoms with Crippen molar-refractivity contribution in [1.82, 2.24) is 9.29 Å². The molecule has 2 aromatic heterocycles. The maximum Gasteiger partial charge on any atom is 0.252 e. The van der Waals surface area contributed by atoms with E-state index in [1.165, 1.54) is 39.8 Å². The van der Waals surface area contributed by atoms with Gasteiger partial charge in [0.05, 0.1) is 12.1 Å². The minimum absolute atomic E-state index is 0.145. The largest absolute Gasteiger partial charge is 0.302 e. The molecule has 9 heteroatoms. The monoisotopic (exact) mass is 439 g/mol. The van der Waals surface area contributed by atoms with E-state index in [0.717, 1.165) is 42.7 Å². The highest BCUT2D eigenvalue weighted by molar-refractivity contribution is 7.91. The summed E-state index contributed by atoms with van der Waals surface area (Å²) in [5, 5.41) is 3.57. The van der Waals surface area contributed by atoms with Crippen LogP contribution in [-0.2, 0) is 34.1 Å². The van der Waals surface area contributed by atoms with Crippen LogP contribution in [0.2, 0.25) is 0 Å². The van der Waals surface area contributed by atoms with E-state index < -0.39 is 10.0 Å². The zero-order valence-electron chi connectivity index (χ0n) is 15.8. The topological polar surface area (TPSA) is 79.4 Å². The molecule has 0 bridgehead atoms. The van der Waals surface area contributed by atoms with E-state index in [4.69, 9.17) is 0 Å². The summed E-state index contributed by atoms with van der Waals surface area (Å²) in [6.07, 6.45) is 8.90. The lowest BCUT2D eigenvalue weighted by molar-refractivity contribution is -0.115. The second-order valence-corrected chi connectivity index (χ2v) is 11.8. The van der Waals surface area contributed by atoms with Gasteiger partial charge in [-0.1, -0.05) is 12.8 Å². The normalized spacial score (nSPS) is 18.4. The first-order valence-electron chi connectivity index (χ1n) is 9.90. The zero-order valence-corrected chi connectivity index (χ0v) is 18.2. The molecule has 4 rings (SSSR count). The van der Waals surface area contributed by atoms with Crippen LogP contribution in [-0.4, -0.2) is 36.7 Å². The number of rotatable bonds is 5. The molecule has 2 aromatic rings. The highest BCUT2D eigenvalue weighted by Crippen LogP contribution is 2.30. The van der Waals surface area contributed by atoms with E-state index >= 15 is 0 Å². The van der Waals surface area contributed by atoms with Gasteiger partial charge in [-0.3, -0.25) is 4.79 Å². The molecule has 1 aliphatic carbocycles. The first-order chi connectivity index (χ1) is 13.5. The average Bonchev–Trinajstić information content (AvgIpc) is 3.36. The molecule has 28 heavy (non-hydrogen) atoms. The Hall–Kier alpha value is -1.29. The molecule has 6 nitrogen and oxygen atoms in total. The number of amides is 1. The number of fused-ring (bicyclic) bond motifs is 1. The Morgan fingerprint density at radius 2 is 1.79 bits per heavy atom. The Bertz CT molecular complexity index is 917. The molecule has 0 saturated carbocycles. The predicted molar refractivity (Wildman–Crippen MR) is 113 cm³/mol. The first kappa shape index (κ1) is 20.0. The number of carbonyl (C=O) groups is 1. The molecule has 0 spiro atoms. The van der Waals surface area contributed by atoms with E-state index in [2.05, 4.69) is 10.3 Å². The van der Waals surface area contributed by atoms with E-state index in [-0.39, 0.29) is 12.3 Å². The summed E-state index contributed by atoms with van der Waals surface area (Å²) in [6.45, 7) is 1.18. The fourth-order valence-electron chi connectivity index (χ4n) is 3.73. The van der Waals surface area contributed by atoms with Gasteiger partial charge >= 0.3 is 0 Å². The maximum atomic E-state index is 12.6. The van der Waals surface area contributed by atoms with Crippen LogP contribution in [0.25, 0.3) is 0 Å². The van der Waals surface area contributed by atoms with Gasteiger partial charge in [0, 0.05) is 22.8 Å². The van der Waals surface area contributed by atoms with Crippen LogP contribution in [0.1, 0.15) is 54.0 Å². The Morgan fingerprint density at radius 1 is 1.04 bits per heavy atom. The second kappa shape index (κ2) is 8.61. The molecule has 2 aliphatic rings. The standard InChI is InChI=1S/C19H25N3O3S3/c23-17(21-19-20-15-7-3-1-2-4-8-16(15)27-19)13-14-9-10-18(26-14)28(24,25)22-11-5-6-12-22/h9-10H,1-8,11-13H2,(H,20,21,23). The molecule has 1 amide bonds. The van der Waals surface area contributed by atoms with E-state index in [0.29, 0.717) is 22.4 Å². The SMILES string of the molecule is O=C(Cc1ccc(S(=O)(=O)N2CCCC2)s1)Nc1nc2c(s1)CCCCCC2. The summed E-state index contributed by atoms with van der Waals surface area (Å²) < 4.78 is 27.1. The zero-order chi connectivity index (χ0) is 19.6. The van der Waals surface area contributed by atoms with Gasteiger partial charge in [-0.15, -0.1) is 22.7 Å². The van der Waals surface area contributed by atoms with Crippen LogP contribution >= 0.6 is 22.7 Å². The third-order valence-corrected chi connectivity index (χ3v) is 9.75. The third-order valence-electron chi connectivity index (χ3n) is 5.22. The minimum Gasteiger partial charge on any atom is -0.302 e. The smallest absolute Gasteiger partial charge is 0.252 e. The van der Waals surface area contributed by atoms with Gasteiger partial charge in [0.1, 0.15) is 4.21 Å². The number of hydrogen-bond acceptors (Lipinski definition) is 6. The van der Waals surface area contributed by atoms with Crippen molar-refractivity contribution in [2.75, 3.05) is 18.4 Å². The Balaban J connectivity index is 1.39. The van der Waals surface area contributed by atoms with E-state index in [9.17, 15) is 13.2 Å². The molecule has 152 valence electrons. The van der Waals surface area contributed by atoms with Crippen molar-refractivity contribution in [3.8, 4) is 0 Å². The highest BCUT2D eigenvalue weighted by atomic mass is 32.2. The lowest BCUT2D eigenvalue weighted by atomic mass is 10.0. The number of sulfonamides is 1. The van der Waals surface area contributed by atoms with E-state index in [1.54, 1.807) is 23.5 Å². The predicted octanol–water partition coefficient (Wildman–Crippen LogP) is 3.83. The first-order valence-corrected chi connectivity index (χ1v) is 13.0. The molecule has 1 fully saturated rings. The van der Waals surface area contributed by atoms with Crippen molar-refractivity contribution in [2.24, 2.45) is 0 Å². The Kier molecular flexibility index (Phi) is 6.15. The molecule has 3 heterocycles. The number of nitrogens with zero attached hydrogens (tertiary/aromatic N) is 2. The van der Waals surface area contributed by atoms with Gasteiger partial charge < -0.3 is 5.32 Å². The van der Waals surface area contributed by atoms with Crippen LogP contribution in [0.4, 0.5) is 5.13 Å². The van der Waals surface area contributed by atoms with Gasteiger partial charge in [0.25, 0.3) is 10.0 Å². The van der Waals surface area contributed by atoms with Crippen molar-refractivity contribution in [1.29, 1.82) is 0 Å². The quantitative estimate of drug-likeness (QED) is 0.768. The van der Waals surface area contributed by atoms with Crippen LogP contribution in [0.5, 0.6) is 0 Å². The van der Waals surface area contributed by atoms with Crippen LogP contribution in [0, 0.1) is 0 Å². The van der Waals surface area contributed by atoms with Crippen molar-refractivity contribution >= 4 is 43.7 Å². The van der Waals surface area contributed by atoms with Gasteiger partial charge in [-0.25, -0.2) is 13.4 Å². The van der Waals surface area contributed by atoms with Gasteiger partial charge in [-0.2, -0.15) is 4.31 Å². The van der Waals surface area contributed by atoms with E-state index in [1.807, 2.05) is 0 Å². The lowest BCUT2D eigenvalue weighted by Gasteiger charge is -2.13. The van der Waals surface area contributed by atoms with Crippen molar-refractivity contribution in [3.05, 3.63) is 27.6 Å². The van der Waals surface area contributed by atoms with Crippen LogP contribution in [0.15, 0.2) is 16.3 Å². The number of aromatic nitrogens is 1. The van der Waals surface area contributed by atoms with Crippen molar-refractivity contribution < 1.29 is 13.2 Å². The average molecular weight is 440 g/mol. The van der Waals surface area contributed by atoms with Gasteiger partial charge in [0.15, 0.2) is 5.13 Å². The summed E-state index contributed by atoms with van der Waals surface area (Å²) in [5.41, 5.74) is 1.13.